The first-order valence-electron chi connectivity index (χ1n) is 2.45. The molecule has 0 aromatic heterocycles. The number of hydrogen-bond acceptors (Lipinski definition) is 3. The Morgan fingerprint density at radius 3 is 2.50 bits per heavy atom. The molecule has 2 radical (unpaired) electrons. The topological polar surface area (TPSA) is 40.5 Å². The molecule has 0 bridgehead atoms. The van der Waals surface area contributed by atoms with E-state index in [9.17, 15) is 0 Å². The third-order valence-corrected chi connectivity index (χ3v) is 1.96. The SMILES string of the molecule is OC1(O)[CH]C[CH]CS1. The van der Waals surface area contributed by atoms with Gasteiger partial charge in [0, 0.05) is 12.2 Å². The maximum Gasteiger partial charge on any atom is 0.216 e. The molecule has 1 heterocycles. The van der Waals surface area contributed by atoms with Gasteiger partial charge >= 0.3 is 0 Å². The molecule has 0 aliphatic carbocycles. The zero-order chi connectivity index (χ0) is 6.04. The van der Waals surface area contributed by atoms with Gasteiger partial charge in [0.1, 0.15) is 0 Å². The van der Waals surface area contributed by atoms with Crippen LogP contribution in [0.15, 0.2) is 0 Å². The van der Waals surface area contributed by atoms with Gasteiger partial charge < -0.3 is 10.2 Å². The first kappa shape index (κ1) is 6.39. The van der Waals surface area contributed by atoms with Crippen molar-refractivity contribution in [2.75, 3.05) is 5.75 Å². The van der Waals surface area contributed by atoms with Gasteiger partial charge in [0.2, 0.25) is 5.12 Å². The van der Waals surface area contributed by atoms with Crippen molar-refractivity contribution in [3.05, 3.63) is 12.8 Å². The van der Waals surface area contributed by atoms with Gasteiger partial charge in [0.25, 0.3) is 0 Å². The van der Waals surface area contributed by atoms with Crippen molar-refractivity contribution in [2.45, 2.75) is 11.5 Å². The summed E-state index contributed by atoms with van der Waals surface area (Å²) in [5.74, 6) is 0.726. The zero-order valence-electron chi connectivity index (χ0n) is 4.37. The predicted octanol–water partition coefficient (Wildman–Crippen LogP) is 0.170. The van der Waals surface area contributed by atoms with E-state index in [-0.39, 0.29) is 0 Å². The summed E-state index contributed by atoms with van der Waals surface area (Å²) in [7, 11) is 0. The van der Waals surface area contributed by atoms with Crippen LogP contribution in [0, 0.1) is 12.8 Å². The molecular formula is C5H8O2S. The van der Waals surface area contributed by atoms with Crippen LogP contribution in [-0.2, 0) is 0 Å². The second-order valence-electron chi connectivity index (χ2n) is 1.70. The van der Waals surface area contributed by atoms with Crippen molar-refractivity contribution >= 4 is 11.8 Å². The lowest BCUT2D eigenvalue weighted by Gasteiger charge is -2.24. The van der Waals surface area contributed by atoms with E-state index in [2.05, 4.69) is 0 Å². The Morgan fingerprint density at radius 1 is 1.50 bits per heavy atom. The second kappa shape index (κ2) is 2.25. The van der Waals surface area contributed by atoms with Crippen LogP contribution in [0.4, 0.5) is 0 Å². The molecule has 8 heavy (non-hydrogen) atoms. The summed E-state index contributed by atoms with van der Waals surface area (Å²) in [6.07, 6.45) is 4.16. The molecule has 0 spiro atoms. The van der Waals surface area contributed by atoms with Gasteiger partial charge in [0.05, 0.1) is 0 Å². The van der Waals surface area contributed by atoms with Crippen LogP contribution >= 0.6 is 11.8 Å². The molecule has 1 rings (SSSR count). The van der Waals surface area contributed by atoms with Crippen LogP contribution in [0.1, 0.15) is 6.42 Å². The number of hydrogen-bond donors (Lipinski definition) is 2. The molecule has 1 aliphatic rings. The Bertz CT molecular complexity index is 74.5. The number of rotatable bonds is 0. The van der Waals surface area contributed by atoms with Crippen molar-refractivity contribution in [3.63, 3.8) is 0 Å². The molecule has 0 amide bonds. The lowest BCUT2D eigenvalue weighted by molar-refractivity contribution is -0.0497. The summed E-state index contributed by atoms with van der Waals surface area (Å²) in [5, 5.41) is 16.1. The highest BCUT2D eigenvalue weighted by Crippen LogP contribution is 2.29. The molecule has 3 heteroatoms. The van der Waals surface area contributed by atoms with E-state index in [4.69, 9.17) is 10.2 Å². The summed E-state index contributed by atoms with van der Waals surface area (Å²) in [4.78, 5) is 0. The van der Waals surface area contributed by atoms with Crippen LogP contribution in [0.3, 0.4) is 0 Å². The summed E-state index contributed by atoms with van der Waals surface area (Å²) < 4.78 is 0. The number of thioether (sulfide) groups is 1. The first-order valence-corrected chi connectivity index (χ1v) is 3.44. The third-order valence-electron chi connectivity index (χ3n) is 0.964. The Kier molecular flexibility index (Phi) is 1.80. The molecular weight excluding hydrogens is 124 g/mol. The standard InChI is InChI=1S/C5H8O2S/c6-5(7)3-1-2-4-8-5/h2-3,6-7H,1,4H2. The average Bonchev–Trinajstić information content (AvgIpc) is 1.65. The summed E-state index contributed by atoms with van der Waals surface area (Å²) >= 11 is 1.12. The molecule has 0 saturated carbocycles. The molecule has 46 valence electrons. The fourth-order valence-corrected chi connectivity index (χ4v) is 1.26. The smallest absolute Gasteiger partial charge is 0.216 e. The molecule has 1 saturated heterocycles. The fraction of sp³-hybridized carbons (Fsp3) is 0.600. The molecule has 2 N–H and O–H groups in total. The van der Waals surface area contributed by atoms with Crippen molar-refractivity contribution < 1.29 is 10.2 Å². The molecule has 0 unspecified atom stereocenters. The predicted molar refractivity (Wildman–Crippen MR) is 32.8 cm³/mol. The molecule has 0 aromatic carbocycles. The molecule has 2 nitrogen and oxygen atoms in total. The Hall–Kier alpha value is 0.270. The van der Waals surface area contributed by atoms with Crippen LogP contribution in [0.25, 0.3) is 0 Å². The maximum atomic E-state index is 8.82. The fourth-order valence-electron chi connectivity index (χ4n) is 0.545. The highest BCUT2D eigenvalue weighted by molar-refractivity contribution is 8.00. The van der Waals surface area contributed by atoms with E-state index < -0.39 is 5.12 Å². The van der Waals surface area contributed by atoms with Crippen molar-refractivity contribution in [2.24, 2.45) is 0 Å². The van der Waals surface area contributed by atoms with Gasteiger partial charge in [-0.25, -0.2) is 0 Å². The lowest BCUT2D eigenvalue weighted by atomic mass is 10.2. The van der Waals surface area contributed by atoms with Crippen LogP contribution in [-0.4, -0.2) is 21.1 Å². The van der Waals surface area contributed by atoms with E-state index in [0.29, 0.717) is 6.42 Å². The largest absolute Gasteiger partial charge is 0.357 e. The van der Waals surface area contributed by atoms with E-state index >= 15 is 0 Å². The van der Waals surface area contributed by atoms with Crippen molar-refractivity contribution in [1.29, 1.82) is 0 Å². The summed E-state index contributed by atoms with van der Waals surface area (Å²) in [6, 6.07) is 0. The zero-order valence-corrected chi connectivity index (χ0v) is 5.19. The maximum absolute atomic E-state index is 8.82. The quantitative estimate of drug-likeness (QED) is 0.462. The molecule has 1 fully saturated rings. The highest BCUT2D eigenvalue weighted by atomic mass is 32.2. The molecule has 0 aromatic rings. The minimum absolute atomic E-state index is 0.694. The van der Waals surface area contributed by atoms with Crippen molar-refractivity contribution in [3.8, 4) is 0 Å². The number of aliphatic hydroxyl groups is 2. The molecule has 1 aliphatic heterocycles. The van der Waals surface area contributed by atoms with Gasteiger partial charge in [-0.15, -0.1) is 0 Å². The Labute approximate surface area is 52.9 Å². The summed E-state index contributed by atoms with van der Waals surface area (Å²) in [6.45, 7) is 0. The minimum Gasteiger partial charge on any atom is -0.357 e. The lowest BCUT2D eigenvalue weighted by Crippen LogP contribution is -2.27. The summed E-state index contributed by atoms with van der Waals surface area (Å²) in [5.41, 5.74) is 0. The van der Waals surface area contributed by atoms with Crippen molar-refractivity contribution in [1.82, 2.24) is 0 Å². The van der Waals surface area contributed by atoms with E-state index in [0.717, 1.165) is 17.5 Å². The van der Waals surface area contributed by atoms with Gasteiger partial charge in [0.15, 0.2) is 0 Å². The van der Waals surface area contributed by atoms with E-state index in [1.807, 2.05) is 6.42 Å². The Balaban J connectivity index is 2.33. The average molecular weight is 132 g/mol. The van der Waals surface area contributed by atoms with Gasteiger partial charge in [-0.2, -0.15) is 0 Å². The van der Waals surface area contributed by atoms with Crippen LogP contribution < -0.4 is 0 Å². The van der Waals surface area contributed by atoms with Gasteiger partial charge in [-0.05, 0) is 12.8 Å². The third kappa shape index (κ3) is 1.65. The van der Waals surface area contributed by atoms with Gasteiger partial charge in [-0.3, -0.25) is 0 Å². The Morgan fingerprint density at radius 2 is 2.25 bits per heavy atom. The van der Waals surface area contributed by atoms with Crippen LogP contribution in [0.5, 0.6) is 0 Å². The minimum atomic E-state index is -1.56. The second-order valence-corrected chi connectivity index (χ2v) is 2.92. The normalized spacial score (nSPS) is 27.8. The first-order chi connectivity index (χ1) is 3.71. The highest BCUT2D eigenvalue weighted by Gasteiger charge is 2.26. The van der Waals surface area contributed by atoms with E-state index in [1.165, 1.54) is 6.42 Å². The van der Waals surface area contributed by atoms with Crippen LogP contribution in [0.2, 0.25) is 0 Å². The monoisotopic (exact) mass is 132 g/mol. The van der Waals surface area contributed by atoms with E-state index in [1.54, 1.807) is 0 Å². The van der Waals surface area contributed by atoms with Gasteiger partial charge in [-0.1, -0.05) is 11.8 Å². The molecule has 0 atom stereocenters.